The number of halogens is 1. The van der Waals surface area contributed by atoms with Gasteiger partial charge in [0.25, 0.3) is 0 Å². The minimum Gasteiger partial charge on any atom is -0.497 e. The second-order valence-corrected chi connectivity index (χ2v) is 10.4. The van der Waals surface area contributed by atoms with Crippen LogP contribution in [0.4, 0.5) is 10.1 Å². The number of methoxy groups -OCH3 is 1. The lowest BCUT2D eigenvalue weighted by atomic mass is 9.64. The standard InChI is InChI=1S/C34H24FNO4/c1-40-24-11-7-10-22(19-24)31(37)30-29(20-8-3-2-4-9-20)34(32(38)25-12-5-6-13-26(25)33(34)39)28-17-14-21-18-23(35)15-16-27(21)36(28)30/h2-19,28-30H,1H3. The van der Waals surface area contributed by atoms with Gasteiger partial charge in [0, 0.05) is 33.9 Å². The first kappa shape index (κ1) is 24.2. The SMILES string of the molecule is COc1cccc(C(=O)C2C(c3ccccc3)C3(C(=O)c4ccccc4C3=O)C3C=Cc4cc(F)ccc4N23)c1. The molecule has 0 bridgehead atoms. The summed E-state index contributed by atoms with van der Waals surface area (Å²) in [6, 6.07) is 25.7. The van der Waals surface area contributed by atoms with Crippen LogP contribution in [0.5, 0.6) is 5.75 Å². The number of carbonyl (C=O) groups is 3. The van der Waals surface area contributed by atoms with Crippen LogP contribution in [0.2, 0.25) is 0 Å². The molecule has 3 aliphatic rings. The summed E-state index contributed by atoms with van der Waals surface area (Å²) in [4.78, 5) is 45.6. The van der Waals surface area contributed by atoms with Gasteiger partial charge >= 0.3 is 0 Å². The van der Waals surface area contributed by atoms with Gasteiger partial charge in [0.15, 0.2) is 17.3 Å². The summed E-state index contributed by atoms with van der Waals surface area (Å²) >= 11 is 0. The molecule has 4 aromatic rings. The Labute approximate surface area is 230 Å². The Hall–Kier alpha value is -4.84. The number of hydrogen-bond acceptors (Lipinski definition) is 5. The summed E-state index contributed by atoms with van der Waals surface area (Å²) in [6.07, 6.45) is 3.55. The maximum Gasteiger partial charge on any atom is 0.186 e. The molecule has 6 heteroatoms. The fourth-order valence-electron chi connectivity index (χ4n) is 6.93. The summed E-state index contributed by atoms with van der Waals surface area (Å²) in [6.45, 7) is 0. The van der Waals surface area contributed by atoms with Crippen LogP contribution in [0, 0.1) is 11.2 Å². The molecule has 1 saturated heterocycles. The summed E-state index contributed by atoms with van der Waals surface area (Å²) in [5.74, 6) is -1.55. The highest BCUT2D eigenvalue weighted by atomic mass is 19.1. The van der Waals surface area contributed by atoms with E-state index in [2.05, 4.69) is 0 Å². The number of nitrogens with zero attached hydrogens (tertiary/aromatic N) is 1. The molecule has 0 saturated carbocycles. The van der Waals surface area contributed by atoms with Crippen LogP contribution in [0.15, 0.2) is 103 Å². The van der Waals surface area contributed by atoms with E-state index < -0.39 is 29.2 Å². The second kappa shape index (κ2) is 8.85. The van der Waals surface area contributed by atoms with Crippen molar-refractivity contribution in [3.8, 4) is 5.75 Å². The van der Waals surface area contributed by atoms with E-state index in [1.165, 1.54) is 19.2 Å². The van der Waals surface area contributed by atoms with Gasteiger partial charge in [0.1, 0.15) is 23.0 Å². The average Bonchev–Trinajstić information content (AvgIpc) is 3.43. The van der Waals surface area contributed by atoms with Crippen LogP contribution in [-0.2, 0) is 0 Å². The Bertz CT molecular complexity index is 1710. The maximum atomic E-state index is 14.6. The summed E-state index contributed by atoms with van der Waals surface area (Å²) in [5.41, 5.74) is 1.43. The van der Waals surface area contributed by atoms with Crippen molar-refractivity contribution in [3.05, 3.63) is 137 Å². The topological polar surface area (TPSA) is 63.7 Å². The molecule has 2 aliphatic heterocycles. The zero-order valence-corrected chi connectivity index (χ0v) is 21.6. The minimum atomic E-state index is -1.59. The Kier molecular flexibility index (Phi) is 5.36. The van der Waals surface area contributed by atoms with Crippen LogP contribution in [0.1, 0.15) is 48.1 Å². The van der Waals surface area contributed by atoms with Gasteiger partial charge in [-0.1, -0.05) is 78.9 Å². The predicted molar refractivity (Wildman–Crippen MR) is 150 cm³/mol. The lowest BCUT2D eigenvalue weighted by molar-refractivity contribution is 0.0666. The zero-order chi connectivity index (χ0) is 27.6. The highest BCUT2D eigenvalue weighted by molar-refractivity contribution is 6.32. The Balaban J connectivity index is 1.54. The number of rotatable bonds is 4. The molecule has 5 nitrogen and oxygen atoms in total. The fourth-order valence-corrected chi connectivity index (χ4v) is 6.93. The van der Waals surface area contributed by atoms with Crippen molar-refractivity contribution < 1.29 is 23.5 Å². The van der Waals surface area contributed by atoms with Crippen molar-refractivity contribution >= 4 is 29.1 Å². The number of ether oxygens (including phenoxy) is 1. The van der Waals surface area contributed by atoms with Crippen molar-refractivity contribution in [3.63, 3.8) is 0 Å². The van der Waals surface area contributed by atoms with Crippen molar-refractivity contribution in [2.75, 3.05) is 12.0 Å². The third kappa shape index (κ3) is 3.16. The summed E-state index contributed by atoms with van der Waals surface area (Å²) in [5, 5.41) is 0. The minimum absolute atomic E-state index is 0.253. The van der Waals surface area contributed by atoms with Gasteiger partial charge in [-0.25, -0.2) is 4.39 Å². The normalized spacial score (nSPS) is 21.8. The van der Waals surface area contributed by atoms with Gasteiger partial charge in [-0.3, -0.25) is 14.4 Å². The van der Waals surface area contributed by atoms with Gasteiger partial charge in [-0.15, -0.1) is 0 Å². The molecule has 1 fully saturated rings. The monoisotopic (exact) mass is 529 g/mol. The zero-order valence-electron chi connectivity index (χ0n) is 21.6. The van der Waals surface area contributed by atoms with E-state index in [0.717, 1.165) is 0 Å². The lowest BCUT2D eigenvalue weighted by Crippen LogP contribution is -2.48. The summed E-state index contributed by atoms with van der Waals surface area (Å²) < 4.78 is 19.7. The molecule has 7 rings (SSSR count). The fraction of sp³-hybridized carbons (Fsp3) is 0.147. The van der Waals surface area contributed by atoms with Gasteiger partial charge in [-0.05, 0) is 35.9 Å². The number of carbonyl (C=O) groups excluding carboxylic acids is 3. The van der Waals surface area contributed by atoms with Gasteiger partial charge in [0.05, 0.1) is 13.2 Å². The van der Waals surface area contributed by atoms with E-state index >= 15 is 0 Å². The number of hydrogen-bond donors (Lipinski definition) is 0. The van der Waals surface area contributed by atoms with E-state index in [-0.39, 0.29) is 17.3 Å². The van der Waals surface area contributed by atoms with Crippen molar-refractivity contribution in [2.45, 2.75) is 18.0 Å². The molecule has 0 N–H and O–H groups in total. The third-order valence-corrected chi connectivity index (χ3v) is 8.55. The van der Waals surface area contributed by atoms with Crippen molar-refractivity contribution in [1.82, 2.24) is 0 Å². The predicted octanol–water partition coefficient (Wildman–Crippen LogP) is 6.15. The smallest absolute Gasteiger partial charge is 0.186 e. The highest BCUT2D eigenvalue weighted by Crippen LogP contribution is 2.61. The lowest BCUT2D eigenvalue weighted by Gasteiger charge is -2.37. The van der Waals surface area contributed by atoms with Gasteiger partial charge in [-0.2, -0.15) is 0 Å². The largest absolute Gasteiger partial charge is 0.497 e. The van der Waals surface area contributed by atoms with E-state index in [1.807, 2.05) is 35.2 Å². The highest BCUT2D eigenvalue weighted by Gasteiger charge is 2.71. The molecular weight excluding hydrogens is 505 g/mol. The third-order valence-electron chi connectivity index (χ3n) is 8.55. The summed E-state index contributed by atoms with van der Waals surface area (Å²) in [7, 11) is 1.53. The van der Waals surface area contributed by atoms with Crippen LogP contribution >= 0.6 is 0 Å². The molecule has 0 aromatic heterocycles. The van der Waals surface area contributed by atoms with Crippen LogP contribution in [-0.4, -0.2) is 36.5 Å². The second-order valence-electron chi connectivity index (χ2n) is 10.4. The Morgan fingerprint density at radius 1 is 0.850 bits per heavy atom. The first-order chi connectivity index (χ1) is 19.5. The van der Waals surface area contributed by atoms with Gasteiger partial charge in [0.2, 0.25) is 0 Å². The average molecular weight is 530 g/mol. The molecule has 2 heterocycles. The molecule has 3 atom stereocenters. The molecule has 1 spiro atoms. The number of fused-ring (bicyclic) bond motifs is 5. The first-order valence-corrected chi connectivity index (χ1v) is 13.1. The quantitative estimate of drug-likeness (QED) is 0.234. The molecule has 4 aromatic carbocycles. The molecule has 40 heavy (non-hydrogen) atoms. The molecule has 196 valence electrons. The van der Waals surface area contributed by atoms with E-state index in [9.17, 15) is 18.8 Å². The van der Waals surface area contributed by atoms with Crippen LogP contribution in [0.3, 0.4) is 0 Å². The van der Waals surface area contributed by atoms with Crippen LogP contribution in [0.25, 0.3) is 6.08 Å². The van der Waals surface area contributed by atoms with Crippen molar-refractivity contribution in [1.29, 1.82) is 0 Å². The molecule has 1 aliphatic carbocycles. The molecule has 0 amide bonds. The maximum absolute atomic E-state index is 14.6. The van der Waals surface area contributed by atoms with Gasteiger partial charge < -0.3 is 9.64 Å². The van der Waals surface area contributed by atoms with E-state index in [4.69, 9.17) is 4.74 Å². The molecule has 0 radical (unpaired) electrons. The first-order valence-electron chi connectivity index (χ1n) is 13.1. The van der Waals surface area contributed by atoms with E-state index in [0.29, 0.717) is 39.3 Å². The number of anilines is 1. The molecule has 3 unspecified atom stereocenters. The van der Waals surface area contributed by atoms with E-state index in [1.54, 1.807) is 66.7 Å². The molecular formula is C34H24FNO4. The Morgan fingerprint density at radius 3 is 2.25 bits per heavy atom. The van der Waals surface area contributed by atoms with Crippen LogP contribution < -0.4 is 9.64 Å². The number of ketones is 3. The number of Topliss-reactive ketones (excluding diaryl/α,β-unsaturated/α-hetero) is 3. The number of benzene rings is 4. The van der Waals surface area contributed by atoms with Crippen molar-refractivity contribution in [2.24, 2.45) is 5.41 Å². The Morgan fingerprint density at radius 2 is 1.55 bits per heavy atom.